The van der Waals surface area contributed by atoms with Crippen LogP contribution in [0.25, 0.3) is 5.69 Å². The van der Waals surface area contributed by atoms with Crippen LogP contribution in [0.4, 0.5) is 13.2 Å². The number of alkyl halides is 3. The Bertz CT molecular complexity index is 521. The monoisotopic (exact) mass is 239 g/mol. The molecular formula is C13H12F3N. The molecule has 2 rings (SSSR count). The van der Waals surface area contributed by atoms with Crippen LogP contribution in [0.15, 0.2) is 36.5 Å². The van der Waals surface area contributed by atoms with Gasteiger partial charge in [-0.1, -0.05) is 0 Å². The van der Waals surface area contributed by atoms with E-state index in [9.17, 15) is 13.2 Å². The Labute approximate surface area is 97.5 Å². The van der Waals surface area contributed by atoms with Crippen molar-refractivity contribution in [1.29, 1.82) is 0 Å². The van der Waals surface area contributed by atoms with E-state index >= 15 is 0 Å². The van der Waals surface area contributed by atoms with Crippen LogP contribution in [0.5, 0.6) is 0 Å². The van der Waals surface area contributed by atoms with E-state index in [4.69, 9.17) is 0 Å². The summed E-state index contributed by atoms with van der Waals surface area (Å²) >= 11 is 0. The van der Waals surface area contributed by atoms with Crippen molar-refractivity contribution in [2.75, 3.05) is 0 Å². The van der Waals surface area contributed by atoms with Gasteiger partial charge in [-0.3, -0.25) is 0 Å². The summed E-state index contributed by atoms with van der Waals surface area (Å²) in [7, 11) is 0. The van der Waals surface area contributed by atoms with E-state index in [1.165, 1.54) is 12.1 Å². The highest BCUT2D eigenvalue weighted by Gasteiger charge is 2.29. The fourth-order valence-electron chi connectivity index (χ4n) is 1.83. The quantitative estimate of drug-likeness (QED) is 0.705. The van der Waals surface area contributed by atoms with Gasteiger partial charge in [0.15, 0.2) is 0 Å². The molecule has 4 heteroatoms. The molecule has 1 nitrogen and oxygen atoms in total. The van der Waals surface area contributed by atoms with Gasteiger partial charge in [-0.2, -0.15) is 13.2 Å². The first-order chi connectivity index (χ1) is 7.88. The van der Waals surface area contributed by atoms with Crippen LogP contribution in [0, 0.1) is 13.8 Å². The number of benzene rings is 1. The minimum Gasteiger partial charge on any atom is -0.321 e. The van der Waals surface area contributed by atoms with Crippen LogP contribution in [-0.4, -0.2) is 4.57 Å². The molecule has 0 atom stereocenters. The first kappa shape index (κ1) is 11.8. The van der Waals surface area contributed by atoms with Crippen LogP contribution in [0.2, 0.25) is 0 Å². The van der Waals surface area contributed by atoms with Gasteiger partial charge in [0.2, 0.25) is 0 Å². The molecular weight excluding hydrogens is 227 g/mol. The number of nitrogens with zero attached hydrogens (tertiary/aromatic N) is 1. The zero-order chi connectivity index (χ0) is 12.6. The molecule has 0 N–H and O–H groups in total. The molecule has 0 saturated heterocycles. The molecule has 0 spiro atoms. The van der Waals surface area contributed by atoms with Gasteiger partial charge in [0.05, 0.1) is 5.56 Å². The van der Waals surface area contributed by atoms with Gasteiger partial charge >= 0.3 is 6.18 Å². The lowest BCUT2D eigenvalue weighted by molar-refractivity contribution is -0.137. The number of hydrogen-bond acceptors (Lipinski definition) is 0. The summed E-state index contributed by atoms with van der Waals surface area (Å²) in [4.78, 5) is 0. The summed E-state index contributed by atoms with van der Waals surface area (Å²) < 4.78 is 39.1. The Hall–Kier alpha value is -1.71. The molecule has 0 fully saturated rings. The van der Waals surface area contributed by atoms with E-state index in [1.54, 1.807) is 0 Å². The van der Waals surface area contributed by atoms with Crippen LogP contribution < -0.4 is 0 Å². The summed E-state index contributed by atoms with van der Waals surface area (Å²) in [5, 5.41) is 0. The lowest BCUT2D eigenvalue weighted by atomic mass is 10.2. The van der Waals surface area contributed by atoms with Crippen molar-refractivity contribution < 1.29 is 13.2 Å². The fourth-order valence-corrected chi connectivity index (χ4v) is 1.83. The Morgan fingerprint density at radius 1 is 1.00 bits per heavy atom. The van der Waals surface area contributed by atoms with Crippen molar-refractivity contribution in [2.45, 2.75) is 20.0 Å². The minimum atomic E-state index is -4.28. The second kappa shape index (κ2) is 3.95. The largest absolute Gasteiger partial charge is 0.416 e. The lowest BCUT2D eigenvalue weighted by Gasteiger charge is -2.09. The van der Waals surface area contributed by atoms with Gasteiger partial charge in [0.1, 0.15) is 0 Å². The number of aryl methyl sites for hydroxylation is 2. The highest BCUT2D eigenvalue weighted by Crippen LogP contribution is 2.29. The van der Waals surface area contributed by atoms with Crippen molar-refractivity contribution in [1.82, 2.24) is 4.57 Å². The number of halogens is 3. The summed E-state index contributed by atoms with van der Waals surface area (Å²) in [5.74, 6) is 0. The average Bonchev–Trinajstić information content (AvgIpc) is 2.57. The van der Waals surface area contributed by atoms with E-state index in [0.717, 1.165) is 29.1 Å². The number of hydrogen-bond donors (Lipinski definition) is 0. The normalized spacial score (nSPS) is 11.8. The molecule has 1 aromatic heterocycles. The van der Waals surface area contributed by atoms with Gasteiger partial charge in [0.25, 0.3) is 0 Å². The molecule has 17 heavy (non-hydrogen) atoms. The van der Waals surface area contributed by atoms with Crippen molar-refractivity contribution in [3.8, 4) is 5.69 Å². The topological polar surface area (TPSA) is 4.93 Å². The Balaban J connectivity index is 2.39. The first-order valence-electron chi connectivity index (χ1n) is 5.21. The van der Waals surface area contributed by atoms with Crippen molar-refractivity contribution in [3.63, 3.8) is 0 Å². The molecule has 2 aromatic rings. The van der Waals surface area contributed by atoms with Crippen LogP contribution in [0.1, 0.15) is 16.8 Å². The van der Waals surface area contributed by atoms with Gasteiger partial charge in [-0.15, -0.1) is 0 Å². The van der Waals surface area contributed by atoms with Crippen LogP contribution in [-0.2, 0) is 6.18 Å². The molecule has 1 aromatic carbocycles. The third-order valence-corrected chi connectivity index (χ3v) is 2.62. The lowest BCUT2D eigenvalue weighted by Crippen LogP contribution is -2.05. The number of rotatable bonds is 1. The molecule has 1 heterocycles. The molecule has 0 amide bonds. The predicted octanol–water partition coefficient (Wildman–Crippen LogP) is 4.11. The van der Waals surface area contributed by atoms with Crippen LogP contribution >= 0.6 is 0 Å². The van der Waals surface area contributed by atoms with Gasteiger partial charge in [0, 0.05) is 17.6 Å². The van der Waals surface area contributed by atoms with Crippen LogP contribution in [0.3, 0.4) is 0 Å². The highest BCUT2D eigenvalue weighted by atomic mass is 19.4. The maximum atomic E-state index is 12.4. The average molecular weight is 239 g/mol. The minimum absolute atomic E-state index is 0.622. The zero-order valence-electron chi connectivity index (χ0n) is 9.55. The van der Waals surface area contributed by atoms with E-state index in [0.29, 0.717) is 0 Å². The second-order valence-electron chi connectivity index (χ2n) is 4.07. The maximum Gasteiger partial charge on any atom is 0.416 e. The van der Waals surface area contributed by atoms with Crippen molar-refractivity contribution in [2.24, 2.45) is 0 Å². The summed E-state index contributed by atoms with van der Waals surface area (Å²) in [6, 6.07) is 7.15. The molecule has 0 unspecified atom stereocenters. The van der Waals surface area contributed by atoms with Gasteiger partial charge < -0.3 is 4.57 Å². The highest BCUT2D eigenvalue weighted by molar-refractivity contribution is 5.39. The molecule has 0 aliphatic carbocycles. The van der Waals surface area contributed by atoms with E-state index < -0.39 is 11.7 Å². The third kappa shape index (κ3) is 2.35. The molecule has 0 saturated carbocycles. The van der Waals surface area contributed by atoms with Gasteiger partial charge in [-0.25, -0.2) is 0 Å². The fraction of sp³-hybridized carbons (Fsp3) is 0.231. The smallest absolute Gasteiger partial charge is 0.321 e. The maximum absolute atomic E-state index is 12.4. The zero-order valence-corrected chi connectivity index (χ0v) is 9.55. The van der Waals surface area contributed by atoms with E-state index in [-0.39, 0.29) is 0 Å². The Kier molecular flexibility index (Phi) is 2.73. The SMILES string of the molecule is Cc1cc(C)n(-c2ccc(C(F)(F)F)cc2)c1. The Morgan fingerprint density at radius 3 is 2.00 bits per heavy atom. The molecule has 0 aliphatic heterocycles. The van der Waals surface area contributed by atoms with E-state index in [1.807, 2.05) is 30.7 Å². The summed E-state index contributed by atoms with van der Waals surface area (Å²) in [6.45, 7) is 3.87. The predicted molar refractivity (Wildman–Crippen MR) is 60.2 cm³/mol. The first-order valence-corrected chi connectivity index (χ1v) is 5.21. The summed E-state index contributed by atoms with van der Waals surface area (Å²) in [6.07, 6.45) is -2.38. The molecule has 0 aliphatic rings. The third-order valence-electron chi connectivity index (χ3n) is 2.62. The van der Waals surface area contributed by atoms with Crippen molar-refractivity contribution in [3.05, 3.63) is 53.3 Å². The van der Waals surface area contributed by atoms with Crippen molar-refractivity contribution >= 4 is 0 Å². The molecule has 0 radical (unpaired) electrons. The summed E-state index contributed by atoms with van der Waals surface area (Å²) in [5.41, 5.74) is 2.20. The van der Waals surface area contributed by atoms with E-state index in [2.05, 4.69) is 0 Å². The number of aromatic nitrogens is 1. The van der Waals surface area contributed by atoms with Gasteiger partial charge in [-0.05, 0) is 49.7 Å². The molecule has 90 valence electrons. The second-order valence-corrected chi connectivity index (χ2v) is 4.07. The Morgan fingerprint density at radius 2 is 1.59 bits per heavy atom. The standard InChI is InChI=1S/C13H12F3N/c1-9-7-10(2)17(8-9)12-5-3-11(4-6-12)13(14,15)16/h3-8H,1-2H3. The molecule has 0 bridgehead atoms.